The van der Waals surface area contributed by atoms with Gasteiger partial charge in [-0.05, 0) is 44.5 Å². The number of hydrogen-bond donors (Lipinski definition) is 2. The predicted molar refractivity (Wildman–Crippen MR) is 89.5 cm³/mol. The summed E-state index contributed by atoms with van der Waals surface area (Å²) in [5.41, 5.74) is 5.00. The fraction of sp³-hybridized carbons (Fsp3) is 0.467. The molecule has 1 aromatic rings. The van der Waals surface area contributed by atoms with Crippen molar-refractivity contribution in [2.24, 2.45) is 10.4 Å². The average molecular weight is 310 g/mol. The molecule has 0 aromatic heterocycles. The van der Waals surface area contributed by atoms with Crippen LogP contribution in [0.2, 0.25) is 5.02 Å². The van der Waals surface area contributed by atoms with Gasteiger partial charge in [-0.2, -0.15) is 0 Å². The molecule has 0 bridgehead atoms. The molecule has 0 radical (unpaired) electrons. The first-order valence-corrected chi connectivity index (χ1v) is 7.38. The minimum atomic E-state index is 0.253. The van der Waals surface area contributed by atoms with Crippen molar-refractivity contribution < 1.29 is 0 Å². The van der Waals surface area contributed by atoms with Crippen molar-refractivity contribution in [1.82, 2.24) is 10.4 Å². The third-order valence-corrected chi connectivity index (χ3v) is 3.48. The van der Waals surface area contributed by atoms with Crippen LogP contribution in [0.1, 0.15) is 20.3 Å². The fourth-order valence-electron chi connectivity index (χ4n) is 1.84. The molecule has 1 atom stereocenters. The third kappa shape index (κ3) is 6.49. The lowest BCUT2D eigenvalue weighted by Crippen LogP contribution is -2.26. The highest BCUT2D eigenvalue weighted by molar-refractivity contribution is 6.30. The summed E-state index contributed by atoms with van der Waals surface area (Å²) in [5.74, 6) is 0. The summed E-state index contributed by atoms with van der Waals surface area (Å²) >= 11 is 5.91. The number of allylic oxidation sites excluding steroid dienone is 1. The highest BCUT2D eigenvalue weighted by Gasteiger charge is 2.11. The Bertz CT molecular complexity index is 469. The van der Waals surface area contributed by atoms with Gasteiger partial charge in [-0.3, -0.25) is 10.4 Å². The molecule has 0 fully saturated rings. The summed E-state index contributed by atoms with van der Waals surface area (Å²) in [6.45, 7) is 4.99. The van der Waals surface area contributed by atoms with E-state index in [2.05, 4.69) is 41.1 Å². The Morgan fingerprint density at radius 3 is 2.62 bits per heavy atom. The van der Waals surface area contributed by atoms with Crippen LogP contribution in [0.5, 0.6) is 0 Å². The maximum absolute atomic E-state index is 5.91. The number of halogens is 1. The highest BCUT2D eigenvalue weighted by Crippen LogP contribution is 2.18. The van der Waals surface area contributed by atoms with E-state index in [0.29, 0.717) is 0 Å². The average Bonchev–Trinajstić information content (AvgIpc) is 2.50. The first-order chi connectivity index (χ1) is 10.1. The van der Waals surface area contributed by atoms with Gasteiger partial charge < -0.3 is 5.32 Å². The molecule has 1 rings (SSSR count). The van der Waals surface area contributed by atoms with Crippen molar-refractivity contribution in [3.05, 3.63) is 40.9 Å². The highest BCUT2D eigenvalue weighted by atomic mass is 35.5. The van der Waals surface area contributed by atoms with Crippen molar-refractivity contribution >= 4 is 17.3 Å². The molecule has 0 saturated heterocycles. The van der Waals surface area contributed by atoms with Crippen molar-refractivity contribution in [3.63, 3.8) is 0 Å². The van der Waals surface area contributed by atoms with Crippen molar-refractivity contribution in [2.75, 3.05) is 26.0 Å². The van der Waals surface area contributed by atoms with Gasteiger partial charge >= 0.3 is 0 Å². The Morgan fingerprint density at radius 2 is 2.05 bits per heavy atom. The molecule has 6 heteroatoms. The van der Waals surface area contributed by atoms with E-state index in [4.69, 9.17) is 11.6 Å². The zero-order valence-electron chi connectivity index (χ0n) is 13.1. The molecular formula is C15H24ClN5. The van der Waals surface area contributed by atoms with Gasteiger partial charge in [0.2, 0.25) is 0 Å². The lowest BCUT2D eigenvalue weighted by molar-refractivity contribution is 0.311. The van der Waals surface area contributed by atoms with E-state index in [0.717, 1.165) is 23.7 Å². The second-order valence-corrected chi connectivity index (χ2v) is 5.26. The fourth-order valence-corrected chi connectivity index (χ4v) is 1.97. The molecule has 0 saturated carbocycles. The number of nitrogens with one attached hydrogen (secondary N) is 2. The Labute approximate surface area is 132 Å². The van der Waals surface area contributed by atoms with Crippen LogP contribution < -0.4 is 10.7 Å². The van der Waals surface area contributed by atoms with Gasteiger partial charge in [0.05, 0.1) is 0 Å². The van der Waals surface area contributed by atoms with Crippen LogP contribution in [0, 0.1) is 0 Å². The van der Waals surface area contributed by atoms with E-state index >= 15 is 0 Å². The summed E-state index contributed by atoms with van der Waals surface area (Å²) in [4.78, 5) is 0. The maximum atomic E-state index is 5.91. The Hall–Kier alpha value is -1.75. The summed E-state index contributed by atoms with van der Waals surface area (Å²) in [6.07, 6.45) is 3.06. The molecule has 5 nitrogen and oxygen atoms in total. The van der Waals surface area contributed by atoms with E-state index in [1.807, 2.05) is 36.3 Å². The second kappa shape index (κ2) is 9.23. The molecule has 0 heterocycles. The quantitative estimate of drug-likeness (QED) is 0.435. The molecule has 2 N–H and O–H groups in total. The van der Waals surface area contributed by atoms with Gasteiger partial charge in [-0.15, -0.1) is 0 Å². The molecule has 0 aliphatic carbocycles. The Balaban J connectivity index is 2.64. The Kier molecular flexibility index (Phi) is 7.61. The molecule has 1 aromatic carbocycles. The van der Waals surface area contributed by atoms with Gasteiger partial charge in [0.1, 0.15) is 0 Å². The number of benzene rings is 1. The van der Waals surface area contributed by atoms with E-state index < -0.39 is 0 Å². The predicted octanol–water partition coefficient (Wildman–Crippen LogP) is 3.91. The van der Waals surface area contributed by atoms with E-state index in [-0.39, 0.29) is 6.04 Å². The molecule has 0 amide bonds. The summed E-state index contributed by atoms with van der Waals surface area (Å²) < 4.78 is 0. The van der Waals surface area contributed by atoms with Crippen LogP contribution in [-0.2, 0) is 0 Å². The van der Waals surface area contributed by atoms with Crippen LogP contribution in [0.25, 0.3) is 0 Å². The molecule has 21 heavy (non-hydrogen) atoms. The van der Waals surface area contributed by atoms with Gasteiger partial charge in [-0.1, -0.05) is 33.7 Å². The first kappa shape index (κ1) is 17.3. The normalized spacial score (nSPS) is 13.3. The zero-order valence-corrected chi connectivity index (χ0v) is 13.9. The molecule has 0 aliphatic rings. The second-order valence-electron chi connectivity index (χ2n) is 4.82. The van der Waals surface area contributed by atoms with Crippen molar-refractivity contribution in [1.29, 1.82) is 0 Å². The molecule has 1 unspecified atom stereocenters. The minimum Gasteiger partial charge on any atom is -0.379 e. The standard InChI is InChI=1S/C15H24ClN5/c1-5-12(2)15(10-11-21(4)20-19-17-3)18-14-8-6-13(16)7-9-14/h5-9,15,18H,10-11H2,1-4H3,(H,17,20)/b12-5+. The maximum Gasteiger partial charge on any atom is 0.0488 e. The number of anilines is 1. The van der Waals surface area contributed by atoms with Gasteiger partial charge in [-0.25, -0.2) is 0 Å². The van der Waals surface area contributed by atoms with Crippen LogP contribution in [0.15, 0.2) is 46.4 Å². The van der Waals surface area contributed by atoms with Crippen LogP contribution in [-0.4, -0.2) is 31.7 Å². The number of nitrogens with zero attached hydrogens (tertiary/aromatic N) is 3. The minimum absolute atomic E-state index is 0.253. The number of hydrogen-bond acceptors (Lipinski definition) is 3. The number of rotatable bonds is 8. The topological polar surface area (TPSA) is 52.0 Å². The van der Waals surface area contributed by atoms with E-state index in [9.17, 15) is 0 Å². The Morgan fingerprint density at radius 1 is 1.38 bits per heavy atom. The summed E-state index contributed by atoms with van der Waals surface area (Å²) in [7, 11) is 3.64. The zero-order chi connectivity index (χ0) is 15.7. The van der Waals surface area contributed by atoms with Crippen LogP contribution in [0.4, 0.5) is 5.69 Å². The smallest absolute Gasteiger partial charge is 0.0488 e. The largest absolute Gasteiger partial charge is 0.379 e. The van der Waals surface area contributed by atoms with Crippen molar-refractivity contribution in [2.45, 2.75) is 26.3 Å². The summed E-state index contributed by atoms with van der Waals surface area (Å²) in [6, 6.07) is 8.01. The third-order valence-electron chi connectivity index (χ3n) is 3.23. The molecule has 116 valence electrons. The van der Waals surface area contributed by atoms with E-state index in [1.165, 1.54) is 5.57 Å². The lowest BCUT2D eigenvalue weighted by Gasteiger charge is -2.22. The van der Waals surface area contributed by atoms with Crippen molar-refractivity contribution in [3.8, 4) is 0 Å². The first-order valence-electron chi connectivity index (χ1n) is 7.00. The van der Waals surface area contributed by atoms with Gasteiger partial charge in [0.25, 0.3) is 0 Å². The molecular weight excluding hydrogens is 286 g/mol. The molecule has 0 aliphatic heterocycles. The van der Waals surface area contributed by atoms with Crippen LogP contribution >= 0.6 is 11.6 Å². The monoisotopic (exact) mass is 309 g/mol. The van der Waals surface area contributed by atoms with Crippen LogP contribution in [0.3, 0.4) is 0 Å². The van der Waals surface area contributed by atoms with Gasteiger partial charge in [0.15, 0.2) is 0 Å². The van der Waals surface area contributed by atoms with E-state index in [1.54, 1.807) is 7.05 Å². The van der Waals surface area contributed by atoms with Gasteiger partial charge in [0, 0.05) is 37.4 Å². The molecule has 0 spiro atoms. The summed E-state index contributed by atoms with van der Waals surface area (Å²) in [5, 5.41) is 13.8. The SMILES string of the molecule is C/C=C(\C)C(CCN(C)/N=N\NC)Nc1ccc(Cl)cc1. The lowest BCUT2D eigenvalue weighted by atomic mass is 10.0.